The van der Waals surface area contributed by atoms with Gasteiger partial charge in [0.25, 0.3) is 0 Å². The second-order valence-electron chi connectivity index (χ2n) is 3.77. The van der Waals surface area contributed by atoms with Crippen molar-refractivity contribution in [2.24, 2.45) is 0 Å². The molecule has 1 aromatic heterocycles. The summed E-state index contributed by atoms with van der Waals surface area (Å²) >= 11 is 0. The number of benzene rings is 1. The van der Waals surface area contributed by atoms with Crippen LogP contribution in [0.25, 0.3) is 11.4 Å². The third-order valence-electron chi connectivity index (χ3n) is 2.36. The van der Waals surface area contributed by atoms with E-state index < -0.39 is 17.5 Å². The Labute approximate surface area is 112 Å². The van der Waals surface area contributed by atoms with Crippen LogP contribution in [0.2, 0.25) is 0 Å². The molecule has 0 aliphatic carbocycles. The molecule has 0 saturated heterocycles. The minimum Gasteiger partial charge on any atom is -0.368 e. The molecule has 0 radical (unpaired) electrons. The number of aromatic nitrogens is 2. The third kappa shape index (κ3) is 3.16. The number of ether oxygens (including phenoxy) is 1. The fourth-order valence-electron chi connectivity index (χ4n) is 1.45. The van der Waals surface area contributed by atoms with Crippen LogP contribution in [-0.4, -0.2) is 23.4 Å². The van der Waals surface area contributed by atoms with E-state index in [0.29, 0.717) is 6.42 Å². The first-order valence-corrected chi connectivity index (χ1v) is 5.60. The van der Waals surface area contributed by atoms with E-state index in [-0.39, 0.29) is 30.5 Å². The van der Waals surface area contributed by atoms with Gasteiger partial charge >= 0.3 is 0 Å². The minimum absolute atomic E-state index is 0.0130. The van der Waals surface area contributed by atoms with Crippen molar-refractivity contribution in [3.8, 4) is 23.7 Å². The van der Waals surface area contributed by atoms with Crippen LogP contribution in [0, 0.1) is 29.8 Å². The smallest absolute Gasteiger partial charge is 0.229 e. The summed E-state index contributed by atoms with van der Waals surface area (Å²) < 4.78 is 48.9. The molecule has 0 aliphatic rings. The highest BCUT2D eigenvalue weighted by atomic mass is 19.2. The molecule has 0 N–H and O–H groups in total. The molecule has 20 heavy (non-hydrogen) atoms. The average molecular weight is 282 g/mol. The van der Waals surface area contributed by atoms with Gasteiger partial charge in [0, 0.05) is 5.56 Å². The second-order valence-corrected chi connectivity index (χ2v) is 3.77. The monoisotopic (exact) mass is 282 g/mol. The number of terminal acetylenes is 1. The first-order chi connectivity index (χ1) is 9.61. The number of nitrogens with zero attached hydrogens (tertiary/aromatic N) is 2. The number of rotatable bonds is 5. The van der Waals surface area contributed by atoms with Gasteiger partial charge in [-0.1, -0.05) is 11.1 Å². The van der Waals surface area contributed by atoms with Crippen LogP contribution < -0.4 is 0 Å². The summed E-state index contributed by atoms with van der Waals surface area (Å²) in [7, 11) is 0. The molecule has 2 rings (SSSR count). The quantitative estimate of drug-likeness (QED) is 0.480. The molecule has 2 aromatic rings. The van der Waals surface area contributed by atoms with E-state index in [1.807, 2.05) is 0 Å². The van der Waals surface area contributed by atoms with Crippen molar-refractivity contribution >= 4 is 0 Å². The van der Waals surface area contributed by atoms with Crippen LogP contribution in [-0.2, 0) is 11.2 Å². The van der Waals surface area contributed by atoms with Crippen molar-refractivity contribution in [1.29, 1.82) is 0 Å². The van der Waals surface area contributed by atoms with Crippen LogP contribution in [0.4, 0.5) is 13.2 Å². The van der Waals surface area contributed by atoms with Gasteiger partial charge in [0.15, 0.2) is 17.5 Å². The molecule has 7 heteroatoms. The minimum atomic E-state index is -1.54. The SMILES string of the molecule is C#CCOCCc1nc(-c2cc(F)c(F)c(F)c2)no1. The Morgan fingerprint density at radius 2 is 1.95 bits per heavy atom. The van der Waals surface area contributed by atoms with Crippen molar-refractivity contribution in [1.82, 2.24) is 10.1 Å². The molecule has 0 amide bonds. The predicted octanol–water partition coefficient (Wildman–Crippen LogP) is 2.35. The van der Waals surface area contributed by atoms with E-state index in [4.69, 9.17) is 15.7 Å². The zero-order chi connectivity index (χ0) is 14.5. The van der Waals surface area contributed by atoms with Crippen molar-refractivity contribution in [2.75, 3.05) is 13.2 Å². The van der Waals surface area contributed by atoms with E-state index in [9.17, 15) is 13.2 Å². The highest BCUT2D eigenvalue weighted by Gasteiger charge is 2.15. The molecule has 0 fully saturated rings. The fraction of sp³-hybridized carbons (Fsp3) is 0.231. The highest BCUT2D eigenvalue weighted by molar-refractivity contribution is 5.54. The Balaban J connectivity index is 2.11. The molecule has 0 atom stereocenters. The molecule has 0 spiro atoms. The molecule has 0 aliphatic heterocycles. The van der Waals surface area contributed by atoms with E-state index in [1.165, 1.54) is 0 Å². The molecular formula is C13H9F3N2O2. The van der Waals surface area contributed by atoms with Crippen LogP contribution in [0.1, 0.15) is 5.89 Å². The topological polar surface area (TPSA) is 48.2 Å². The molecule has 4 nitrogen and oxygen atoms in total. The van der Waals surface area contributed by atoms with E-state index in [2.05, 4.69) is 16.1 Å². The molecule has 1 heterocycles. The largest absolute Gasteiger partial charge is 0.368 e. The number of hydrogen-bond donors (Lipinski definition) is 0. The summed E-state index contributed by atoms with van der Waals surface area (Å²) in [4.78, 5) is 3.92. The lowest BCUT2D eigenvalue weighted by Gasteiger charge is -1.98. The molecule has 0 saturated carbocycles. The molecule has 0 bridgehead atoms. The van der Waals surface area contributed by atoms with E-state index in [0.717, 1.165) is 12.1 Å². The number of halogens is 3. The lowest BCUT2D eigenvalue weighted by molar-refractivity contribution is 0.162. The Bertz CT molecular complexity index is 626. The maximum absolute atomic E-state index is 13.1. The van der Waals surface area contributed by atoms with Crippen LogP contribution in [0.15, 0.2) is 16.7 Å². The molecule has 0 unspecified atom stereocenters. The first-order valence-electron chi connectivity index (χ1n) is 5.60. The molecular weight excluding hydrogens is 273 g/mol. The van der Waals surface area contributed by atoms with Crippen molar-refractivity contribution < 1.29 is 22.4 Å². The average Bonchev–Trinajstić information content (AvgIpc) is 2.89. The van der Waals surface area contributed by atoms with Gasteiger partial charge in [-0.15, -0.1) is 6.42 Å². The Morgan fingerprint density at radius 1 is 1.25 bits per heavy atom. The Kier molecular flexibility index (Phi) is 4.38. The third-order valence-corrected chi connectivity index (χ3v) is 2.36. The predicted molar refractivity (Wildman–Crippen MR) is 63.0 cm³/mol. The second kappa shape index (κ2) is 6.21. The van der Waals surface area contributed by atoms with Gasteiger partial charge in [-0.3, -0.25) is 0 Å². The summed E-state index contributed by atoms with van der Waals surface area (Å²) in [6.45, 7) is 0.438. The Morgan fingerprint density at radius 3 is 2.60 bits per heavy atom. The first kappa shape index (κ1) is 14.1. The molecule has 1 aromatic carbocycles. The van der Waals surface area contributed by atoms with E-state index in [1.54, 1.807) is 0 Å². The molecule has 104 valence electrons. The maximum atomic E-state index is 13.1. The van der Waals surface area contributed by atoms with Crippen LogP contribution in [0.5, 0.6) is 0 Å². The van der Waals surface area contributed by atoms with Gasteiger partial charge in [0.1, 0.15) is 6.61 Å². The lowest BCUT2D eigenvalue weighted by Crippen LogP contribution is -1.99. The summed E-state index contributed by atoms with van der Waals surface area (Å²) in [5, 5.41) is 3.56. The standard InChI is InChI=1S/C13H9F3N2O2/c1-2-4-19-5-3-11-17-13(18-20-11)8-6-9(14)12(16)10(15)7-8/h1,6-7H,3-5H2. The summed E-state index contributed by atoms with van der Waals surface area (Å²) in [6.07, 6.45) is 5.31. The van der Waals surface area contributed by atoms with Crippen molar-refractivity contribution in [3.63, 3.8) is 0 Å². The van der Waals surface area contributed by atoms with Gasteiger partial charge in [0.2, 0.25) is 11.7 Å². The van der Waals surface area contributed by atoms with Gasteiger partial charge in [-0.2, -0.15) is 4.98 Å². The zero-order valence-corrected chi connectivity index (χ0v) is 10.2. The fourth-order valence-corrected chi connectivity index (χ4v) is 1.45. The van der Waals surface area contributed by atoms with Gasteiger partial charge in [-0.05, 0) is 12.1 Å². The lowest BCUT2D eigenvalue weighted by atomic mass is 10.2. The summed E-state index contributed by atoms with van der Waals surface area (Å²) in [5.74, 6) is -1.69. The van der Waals surface area contributed by atoms with Gasteiger partial charge in [0.05, 0.1) is 13.0 Å². The van der Waals surface area contributed by atoms with Gasteiger partial charge in [-0.25, -0.2) is 13.2 Å². The Hall–Kier alpha value is -2.33. The van der Waals surface area contributed by atoms with Gasteiger partial charge < -0.3 is 9.26 Å². The van der Waals surface area contributed by atoms with Crippen molar-refractivity contribution in [2.45, 2.75) is 6.42 Å². The van der Waals surface area contributed by atoms with Crippen LogP contribution in [0.3, 0.4) is 0 Å². The van der Waals surface area contributed by atoms with E-state index >= 15 is 0 Å². The van der Waals surface area contributed by atoms with Crippen LogP contribution >= 0.6 is 0 Å². The van der Waals surface area contributed by atoms with Crippen molar-refractivity contribution in [3.05, 3.63) is 35.5 Å². The number of hydrogen-bond acceptors (Lipinski definition) is 4. The highest BCUT2D eigenvalue weighted by Crippen LogP contribution is 2.21. The summed E-state index contributed by atoms with van der Waals surface area (Å²) in [6, 6.07) is 1.59. The summed E-state index contributed by atoms with van der Waals surface area (Å²) in [5.41, 5.74) is -0.0130. The maximum Gasteiger partial charge on any atom is 0.229 e. The zero-order valence-electron chi connectivity index (χ0n) is 10.2. The normalized spacial score (nSPS) is 10.5.